The summed E-state index contributed by atoms with van der Waals surface area (Å²) in [7, 11) is 0. The number of hydrogen-bond donors (Lipinski definition) is 1. The van der Waals surface area contributed by atoms with Gasteiger partial charge in [0.2, 0.25) is 0 Å². The smallest absolute Gasteiger partial charge is 0.302 e. The van der Waals surface area contributed by atoms with E-state index in [2.05, 4.69) is 4.98 Å². The standard InChI is InChI=1S/C18H16ClFN2O4/c1-11(23)25-5-2-6-26-13-8-17-18(24)21-16(10-22(17)9-13)14-7-12(19)3-4-15(14)20/h3-4,7-10H,2,5-6H2,1H3,(H,21,24). The van der Waals surface area contributed by atoms with E-state index < -0.39 is 5.82 Å². The summed E-state index contributed by atoms with van der Waals surface area (Å²) >= 11 is 5.91. The van der Waals surface area contributed by atoms with Crippen molar-refractivity contribution in [2.24, 2.45) is 0 Å². The molecule has 3 aromatic rings. The summed E-state index contributed by atoms with van der Waals surface area (Å²) in [5.41, 5.74) is 0.497. The van der Waals surface area contributed by atoms with Gasteiger partial charge < -0.3 is 18.9 Å². The molecule has 0 aliphatic heterocycles. The summed E-state index contributed by atoms with van der Waals surface area (Å²) < 4.78 is 26.0. The van der Waals surface area contributed by atoms with E-state index in [-0.39, 0.29) is 23.7 Å². The van der Waals surface area contributed by atoms with Crippen LogP contribution in [0, 0.1) is 5.82 Å². The molecule has 6 nitrogen and oxygen atoms in total. The molecular formula is C18H16ClFN2O4. The molecule has 0 radical (unpaired) electrons. The Morgan fingerprint density at radius 1 is 1.27 bits per heavy atom. The summed E-state index contributed by atoms with van der Waals surface area (Å²) in [6.45, 7) is 1.94. The highest BCUT2D eigenvalue weighted by atomic mass is 35.5. The van der Waals surface area contributed by atoms with E-state index in [0.717, 1.165) is 0 Å². The summed E-state index contributed by atoms with van der Waals surface area (Å²) in [6.07, 6.45) is 3.75. The Labute approximate surface area is 153 Å². The average molecular weight is 379 g/mol. The first-order chi connectivity index (χ1) is 12.4. The van der Waals surface area contributed by atoms with Crippen molar-refractivity contribution in [3.63, 3.8) is 0 Å². The number of esters is 1. The molecule has 1 aromatic carbocycles. The summed E-state index contributed by atoms with van der Waals surface area (Å²) in [4.78, 5) is 25.6. The predicted molar refractivity (Wildman–Crippen MR) is 95.2 cm³/mol. The number of aromatic amines is 1. The van der Waals surface area contributed by atoms with E-state index in [0.29, 0.717) is 35.0 Å². The Morgan fingerprint density at radius 2 is 2.08 bits per heavy atom. The van der Waals surface area contributed by atoms with Crippen molar-refractivity contribution in [2.75, 3.05) is 13.2 Å². The fourth-order valence-electron chi connectivity index (χ4n) is 2.49. The normalized spacial score (nSPS) is 10.9. The van der Waals surface area contributed by atoms with Crippen LogP contribution in [0.1, 0.15) is 13.3 Å². The first-order valence-corrected chi connectivity index (χ1v) is 8.28. The Hall–Kier alpha value is -2.80. The van der Waals surface area contributed by atoms with E-state index in [1.54, 1.807) is 22.9 Å². The number of carbonyl (C=O) groups is 1. The average Bonchev–Trinajstić information content (AvgIpc) is 3.00. The third-order valence-corrected chi connectivity index (χ3v) is 3.89. The number of nitrogens with one attached hydrogen (secondary N) is 1. The van der Waals surface area contributed by atoms with Crippen molar-refractivity contribution in [1.29, 1.82) is 0 Å². The first kappa shape index (κ1) is 18.0. The van der Waals surface area contributed by atoms with Gasteiger partial charge in [-0.2, -0.15) is 0 Å². The van der Waals surface area contributed by atoms with Crippen LogP contribution in [0.3, 0.4) is 0 Å². The van der Waals surface area contributed by atoms with E-state index in [9.17, 15) is 14.0 Å². The van der Waals surface area contributed by atoms with Crippen LogP contribution in [0.2, 0.25) is 5.02 Å². The number of ether oxygens (including phenoxy) is 2. The van der Waals surface area contributed by atoms with Crippen LogP contribution in [0.25, 0.3) is 16.8 Å². The lowest BCUT2D eigenvalue weighted by atomic mass is 10.1. The monoisotopic (exact) mass is 378 g/mol. The molecule has 0 unspecified atom stereocenters. The van der Waals surface area contributed by atoms with Gasteiger partial charge in [0.25, 0.3) is 5.56 Å². The third-order valence-electron chi connectivity index (χ3n) is 3.65. The van der Waals surface area contributed by atoms with Gasteiger partial charge in [-0.25, -0.2) is 4.39 Å². The van der Waals surface area contributed by atoms with E-state index in [4.69, 9.17) is 21.1 Å². The second-order valence-electron chi connectivity index (χ2n) is 5.63. The molecule has 136 valence electrons. The predicted octanol–water partition coefficient (Wildman–Crippen LogP) is 3.42. The number of nitrogens with zero attached hydrogens (tertiary/aromatic N) is 1. The lowest BCUT2D eigenvalue weighted by Crippen LogP contribution is -2.10. The number of benzene rings is 1. The van der Waals surface area contributed by atoms with Gasteiger partial charge in [-0.15, -0.1) is 0 Å². The van der Waals surface area contributed by atoms with Crippen LogP contribution >= 0.6 is 11.6 Å². The van der Waals surface area contributed by atoms with Crippen LogP contribution in [0.15, 0.2) is 41.5 Å². The summed E-state index contributed by atoms with van der Waals surface area (Å²) in [5, 5.41) is 0.367. The molecule has 0 amide bonds. The lowest BCUT2D eigenvalue weighted by Gasteiger charge is -2.05. The largest absolute Gasteiger partial charge is 0.492 e. The number of hydrogen-bond acceptors (Lipinski definition) is 4. The van der Waals surface area contributed by atoms with Gasteiger partial charge in [-0.05, 0) is 18.2 Å². The molecule has 2 aromatic heterocycles. The van der Waals surface area contributed by atoms with E-state index in [1.165, 1.54) is 25.1 Å². The number of rotatable bonds is 6. The van der Waals surface area contributed by atoms with Crippen molar-refractivity contribution in [3.05, 3.63) is 57.9 Å². The molecule has 26 heavy (non-hydrogen) atoms. The molecule has 2 heterocycles. The zero-order valence-electron chi connectivity index (χ0n) is 13.9. The highest BCUT2D eigenvalue weighted by Gasteiger charge is 2.11. The molecule has 0 saturated carbocycles. The molecule has 1 N–H and O–H groups in total. The molecule has 0 bridgehead atoms. The first-order valence-electron chi connectivity index (χ1n) is 7.90. The highest BCUT2D eigenvalue weighted by molar-refractivity contribution is 6.30. The van der Waals surface area contributed by atoms with Gasteiger partial charge in [0.15, 0.2) is 0 Å². The van der Waals surface area contributed by atoms with E-state index >= 15 is 0 Å². The fourth-order valence-corrected chi connectivity index (χ4v) is 2.66. The van der Waals surface area contributed by atoms with Crippen molar-refractivity contribution in [1.82, 2.24) is 9.38 Å². The fraction of sp³-hybridized carbons (Fsp3) is 0.222. The van der Waals surface area contributed by atoms with Crippen molar-refractivity contribution in [3.8, 4) is 17.0 Å². The number of halogens is 2. The number of fused-ring (bicyclic) bond motifs is 1. The van der Waals surface area contributed by atoms with Crippen molar-refractivity contribution >= 4 is 23.1 Å². The maximum atomic E-state index is 14.0. The molecular weight excluding hydrogens is 363 g/mol. The molecule has 0 saturated heterocycles. The third kappa shape index (κ3) is 4.05. The summed E-state index contributed by atoms with van der Waals surface area (Å²) in [5.74, 6) is -0.340. The molecule has 0 aliphatic carbocycles. The summed E-state index contributed by atoms with van der Waals surface area (Å²) in [6, 6.07) is 5.72. The minimum absolute atomic E-state index is 0.203. The SMILES string of the molecule is CC(=O)OCCCOc1cc2c(=O)[nH]c(-c3cc(Cl)ccc3F)cn2c1. The second-order valence-corrected chi connectivity index (χ2v) is 6.07. The number of aromatic nitrogens is 2. The minimum atomic E-state index is -0.487. The van der Waals surface area contributed by atoms with Gasteiger partial charge in [-0.3, -0.25) is 9.59 Å². The van der Waals surface area contributed by atoms with Crippen LogP contribution < -0.4 is 10.3 Å². The molecule has 8 heteroatoms. The molecule has 0 fully saturated rings. The quantitative estimate of drug-likeness (QED) is 0.527. The zero-order valence-corrected chi connectivity index (χ0v) is 14.7. The van der Waals surface area contributed by atoms with Crippen molar-refractivity contribution in [2.45, 2.75) is 13.3 Å². The maximum Gasteiger partial charge on any atom is 0.302 e. The van der Waals surface area contributed by atoms with Crippen LogP contribution in [-0.4, -0.2) is 28.6 Å². The van der Waals surface area contributed by atoms with Crippen LogP contribution in [-0.2, 0) is 9.53 Å². The van der Waals surface area contributed by atoms with Gasteiger partial charge in [0, 0.05) is 36.2 Å². The Kier molecular flexibility index (Phi) is 5.27. The van der Waals surface area contributed by atoms with Crippen LogP contribution in [0.5, 0.6) is 5.75 Å². The van der Waals surface area contributed by atoms with Crippen molar-refractivity contribution < 1.29 is 18.7 Å². The maximum absolute atomic E-state index is 14.0. The Bertz CT molecular complexity index is 1010. The van der Waals surface area contributed by atoms with Gasteiger partial charge >= 0.3 is 5.97 Å². The molecule has 0 spiro atoms. The topological polar surface area (TPSA) is 72.8 Å². The van der Waals surface area contributed by atoms with Gasteiger partial charge in [0.05, 0.1) is 25.1 Å². The second kappa shape index (κ2) is 7.61. The molecule has 0 aliphatic rings. The highest BCUT2D eigenvalue weighted by Crippen LogP contribution is 2.25. The zero-order chi connectivity index (χ0) is 18.7. The lowest BCUT2D eigenvalue weighted by molar-refractivity contribution is -0.141. The molecule has 0 atom stereocenters. The number of H-pyrrole nitrogens is 1. The Balaban J connectivity index is 1.82. The van der Waals surface area contributed by atoms with Gasteiger partial charge in [0.1, 0.15) is 17.1 Å². The van der Waals surface area contributed by atoms with E-state index in [1.807, 2.05) is 0 Å². The minimum Gasteiger partial charge on any atom is -0.492 e. The molecule has 3 rings (SSSR count). The Morgan fingerprint density at radius 3 is 2.85 bits per heavy atom. The van der Waals surface area contributed by atoms with Crippen LogP contribution in [0.4, 0.5) is 4.39 Å². The van der Waals surface area contributed by atoms with Gasteiger partial charge in [-0.1, -0.05) is 11.6 Å². The number of carbonyl (C=O) groups excluding carboxylic acids is 1.